The van der Waals surface area contributed by atoms with Crippen molar-refractivity contribution in [2.45, 2.75) is 26.1 Å². The molecule has 7 nitrogen and oxygen atoms in total. The number of nitrogens with one attached hydrogen (secondary N) is 1. The molecule has 152 valence electrons. The molecule has 0 atom stereocenters. The molecule has 1 aliphatic rings. The highest BCUT2D eigenvalue weighted by atomic mass is 32.2. The summed E-state index contributed by atoms with van der Waals surface area (Å²) in [7, 11) is -4.26. The molecule has 0 radical (unpaired) electrons. The Hall–Kier alpha value is -3.09. The Bertz CT molecular complexity index is 1100. The van der Waals surface area contributed by atoms with Gasteiger partial charge >= 0.3 is 10.2 Å². The van der Waals surface area contributed by atoms with Crippen LogP contribution in [0.4, 0.5) is 10.1 Å². The number of nitrogens with zero attached hydrogens (tertiary/aromatic N) is 1. The molecule has 0 saturated carbocycles. The predicted molar refractivity (Wildman–Crippen MR) is 105 cm³/mol. The van der Waals surface area contributed by atoms with E-state index in [2.05, 4.69) is 11.8 Å². The average Bonchev–Trinajstić information content (AvgIpc) is 2.91. The summed E-state index contributed by atoms with van der Waals surface area (Å²) in [6.07, 6.45) is 0. The minimum absolute atomic E-state index is 0.0553. The minimum Gasteiger partial charge on any atom is -0.487 e. The largest absolute Gasteiger partial charge is 0.487 e. The number of halogens is 1. The Morgan fingerprint density at radius 3 is 2.52 bits per heavy atom. The number of carbonyl (C=O) groups excluding carboxylic acids is 1. The molecule has 1 aliphatic heterocycles. The van der Waals surface area contributed by atoms with Crippen molar-refractivity contribution in [3.05, 3.63) is 59.4 Å². The van der Waals surface area contributed by atoms with Crippen LogP contribution in [0.15, 0.2) is 42.5 Å². The lowest BCUT2D eigenvalue weighted by molar-refractivity contribution is -0.117. The third-order valence-corrected chi connectivity index (χ3v) is 5.27. The van der Waals surface area contributed by atoms with Gasteiger partial charge in [0.1, 0.15) is 30.2 Å². The first-order valence-corrected chi connectivity index (χ1v) is 10.1. The van der Waals surface area contributed by atoms with Crippen LogP contribution in [0, 0.1) is 17.7 Å². The second-order valence-electron chi connectivity index (χ2n) is 6.89. The Morgan fingerprint density at radius 1 is 1.24 bits per heavy atom. The second kappa shape index (κ2) is 7.73. The van der Waals surface area contributed by atoms with Gasteiger partial charge in [0.2, 0.25) is 0 Å². The fourth-order valence-corrected chi connectivity index (χ4v) is 3.75. The third kappa shape index (κ3) is 4.85. The summed E-state index contributed by atoms with van der Waals surface area (Å²) in [4.78, 5) is 11.6. The van der Waals surface area contributed by atoms with E-state index >= 15 is 4.39 Å². The summed E-state index contributed by atoms with van der Waals surface area (Å²) in [5, 5.41) is 9.75. The molecule has 0 aliphatic carbocycles. The Labute approximate surface area is 168 Å². The van der Waals surface area contributed by atoms with Crippen LogP contribution in [0.2, 0.25) is 0 Å². The van der Waals surface area contributed by atoms with Gasteiger partial charge < -0.3 is 9.84 Å². The normalized spacial score (nSPS) is 15.4. The number of amides is 1. The van der Waals surface area contributed by atoms with Crippen molar-refractivity contribution in [2.24, 2.45) is 0 Å². The van der Waals surface area contributed by atoms with E-state index in [4.69, 9.17) is 4.74 Å². The van der Waals surface area contributed by atoms with E-state index in [1.54, 1.807) is 16.9 Å². The molecule has 0 unspecified atom stereocenters. The van der Waals surface area contributed by atoms with Crippen LogP contribution in [-0.2, 0) is 21.6 Å². The second-order valence-corrected chi connectivity index (χ2v) is 8.49. The smallest absolute Gasteiger partial charge is 0.326 e. The van der Waals surface area contributed by atoms with Gasteiger partial charge in [-0.2, -0.15) is 8.42 Å². The SMILES string of the molecule is CC(C)(O)C#Cc1ccc(OCc2ccccc2)c(N2CC(=O)NS2(=O)=O)c1F. The van der Waals surface area contributed by atoms with Gasteiger partial charge in [0, 0.05) is 0 Å². The van der Waals surface area contributed by atoms with E-state index in [9.17, 15) is 18.3 Å². The van der Waals surface area contributed by atoms with Crippen LogP contribution in [0.25, 0.3) is 0 Å². The number of anilines is 1. The van der Waals surface area contributed by atoms with Crippen molar-refractivity contribution in [1.82, 2.24) is 4.72 Å². The molecule has 1 fully saturated rings. The molecule has 2 aromatic carbocycles. The molecule has 2 aromatic rings. The van der Waals surface area contributed by atoms with Crippen LogP contribution in [0.3, 0.4) is 0 Å². The summed E-state index contributed by atoms with van der Waals surface area (Å²) in [6, 6.07) is 11.8. The summed E-state index contributed by atoms with van der Waals surface area (Å²) < 4.78 is 47.9. The van der Waals surface area contributed by atoms with E-state index in [1.165, 1.54) is 26.0 Å². The molecule has 3 rings (SSSR count). The Kier molecular flexibility index (Phi) is 5.50. The van der Waals surface area contributed by atoms with Gasteiger partial charge in [-0.15, -0.1) is 0 Å². The maximum atomic E-state index is 15.2. The third-order valence-electron chi connectivity index (χ3n) is 3.89. The van der Waals surface area contributed by atoms with E-state index in [0.717, 1.165) is 5.56 Å². The number of aliphatic hydroxyl groups is 1. The highest BCUT2D eigenvalue weighted by Gasteiger charge is 2.38. The van der Waals surface area contributed by atoms with Gasteiger partial charge in [0.15, 0.2) is 5.82 Å². The summed E-state index contributed by atoms with van der Waals surface area (Å²) >= 11 is 0. The summed E-state index contributed by atoms with van der Waals surface area (Å²) in [5.41, 5.74) is -1.12. The predicted octanol–water partition coefficient (Wildman–Crippen LogP) is 1.71. The van der Waals surface area contributed by atoms with Gasteiger partial charge in [0.05, 0.1) is 5.56 Å². The number of hydrogen-bond donors (Lipinski definition) is 2. The standard InChI is InChI=1S/C20H19FN2O5S/c1-20(2,25)11-10-15-8-9-16(28-13-14-6-4-3-5-7-14)19(18(15)21)23-12-17(24)22-29(23,26)27/h3-9,25H,12-13H2,1-2H3,(H,22,24). The number of ether oxygens (including phenoxy) is 1. The highest BCUT2D eigenvalue weighted by Crippen LogP contribution is 2.36. The maximum Gasteiger partial charge on any atom is 0.326 e. The van der Waals surface area contributed by atoms with Crippen LogP contribution in [-0.4, -0.2) is 31.6 Å². The number of rotatable bonds is 4. The molecule has 1 amide bonds. The molecule has 0 spiro atoms. The Balaban J connectivity index is 2.06. The lowest BCUT2D eigenvalue weighted by atomic mass is 10.1. The van der Waals surface area contributed by atoms with Crippen LogP contribution in [0.5, 0.6) is 5.75 Å². The molecule has 2 N–H and O–H groups in total. The first-order valence-electron chi connectivity index (χ1n) is 8.65. The molecule has 0 bridgehead atoms. The van der Waals surface area contributed by atoms with Crippen molar-refractivity contribution in [1.29, 1.82) is 0 Å². The zero-order valence-corrected chi connectivity index (χ0v) is 16.6. The molecular formula is C20H19FN2O5S. The zero-order chi connectivity index (χ0) is 21.2. The molecule has 29 heavy (non-hydrogen) atoms. The van der Waals surface area contributed by atoms with Gasteiger partial charge in [-0.1, -0.05) is 42.2 Å². The quantitative estimate of drug-likeness (QED) is 0.737. The summed E-state index contributed by atoms with van der Waals surface area (Å²) in [6.45, 7) is 2.36. The number of hydrogen-bond acceptors (Lipinski definition) is 5. The van der Waals surface area contributed by atoms with Crippen molar-refractivity contribution < 1.29 is 27.4 Å². The summed E-state index contributed by atoms with van der Waals surface area (Å²) in [5.74, 6) is 3.17. The minimum atomic E-state index is -4.26. The number of benzene rings is 2. The first kappa shape index (κ1) is 20.6. The lowest BCUT2D eigenvalue weighted by Gasteiger charge is -2.20. The van der Waals surface area contributed by atoms with E-state index < -0.39 is 39.8 Å². The van der Waals surface area contributed by atoms with Gasteiger partial charge in [-0.05, 0) is 31.5 Å². The molecule has 1 saturated heterocycles. The van der Waals surface area contributed by atoms with Crippen LogP contribution in [0.1, 0.15) is 25.0 Å². The Morgan fingerprint density at radius 2 is 1.93 bits per heavy atom. The zero-order valence-electron chi connectivity index (χ0n) is 15.8. The lowest BCUT2D eigenvalue weighted by Crippen LogP contribution is -2.30. The monoisotopic (exact) mass is 418 g/mol. The van der Waals surface area contributed by atoms with E-state index in [0.29, 0.717) is 4.31 Å². The van der Waals surface area contributed by atoms with E-state index in [1.807, 2.05) is 18.2 Å². The maximum absolute atomic E-state index is 15.2. The van der Waals surface area contributed by atoms with Crippen LogP contribution >= 0.6 is 0 Å². The van der Waals surface area contributed by atoms with Crippen LogP contribution < -0.4 is 13.8 Å². The van der Waals surface area contributed by atoms with Crippen molar-refractivity contribution >= 4 is 21.8 Å². The van der Waals surface area contributed by atoms with Crippen molar-refractivity contribution in [2.75, 3.05) is 10.8 Å². The molecule has 1 heterocycles. The highest BCUT2D eigenvalue weighted by molar-refractivity contribution is 7.92. The van der Waals surface area contributed by atoms with Gasteiger partial charge in [-0.3, -0.25) is 4.79 Å². The van der Waals surface area contributed by atoms with Gasteiger partial charge in [0.25, 0.3) is 5.91 Å². The van der Waals surface area contributed by atoms with Crippen molar-refractivity contribution in [3.8, 4) is 17.6 Å². The molecular weight excluding hydrogens is 399 g/mol. The average molecular weight is 418 g/mol. The fraction of sp³-hybridized carbons (Fsp3) is 0.250. The first-order chi connectivity index (χ1) is 13.6. The molecule has 0 aromatic heterocycles. The van der Waals surface area contributed by atoms with Gasteiger partial charge in [-0.25, -0.2) is 13.4 Å². The molecule has 9 heteroatoms. The fourth-order valence-electron chi connectivity index (χ4n) is 2.59. The topological polar surface area (TPSA) is 95.9 Å². The number of carbonyl (C=O) groups is 1. The van der Waals surface area contributed by atoms with Crippen molar-refractivity contribution in [3.63, 3.8) is 0 Å². The van der Waals surface area contributed by atoms with E-state index in [-0.39, 0.29) is 17.9 Å².